The zero-order valence-corrected chi connectivity index (χ0v) is 12.3. The van der Waals surface area contributed by atoms with Crippen LogP contribution < -0.4 is 5.32 Å². The molecule has 0 atom stereocenters. The van der Waals surface area contributed by atoms with Crippen molar-refractivity contribution in [1.82, 2.24) is 20.2 Å². The number of aryl methyl sites for hydroxylation is 2. The van der Waals surface area contributed by atoms with Gasteiger partial charge in [-0.25, -0.2) is 0 Å². The summed E-state index contributed by atoms with van der Waals surface area (Å²) in [4.78, 5) is 12.6. The molecule has 0 aliphatic heterocycles. The molecular weight excluding hydrogens is 278 g/mol. The maximum atomic E-state index is 12.6. The first kappa shape index (κ1) is 13.9. The van der Waals surface area contributed by atoms with E-state index in [1.165, 1.54) is 11.0 Å². The Morgan fingerprint density at radius 3 is 2.68 bits per heavy atom. The van der Waals surface area contributed by atoms with Crippen LogP contribution in [0.4, 0.5) is 5.69 Å². The first-order chi connectivity index (χ1) is 10.6. The Hall–Kier alpha value is -3.02. The number of nitrogens with zero attached hydrogens (tertiary/aromatic N) is 4. The van der Waals surface area contributed by atoms with Gasteiger partial charge in [-0.1, -0.05) is 29.8 Å². The molecule has 3 aromatic rings. The summed E-state index contributed by atoms with van der Waals surface area (Å²) in [5.41, 5.74) is 4.12. The van der Waals surface area contributed by atoms with E-state index in [-0.39, 0.29) is 5.91 Å². The fourth-order valence-corrected chi connectivity index (χ4v) is 2.28. The van der Waals surface area contributed by atoms with Gasteiger partial charge in [0.05, 0.1) is 11.3 Å². The van der Waals surface area contributed by atoms with Gasteiger partial charge in [0.15, 0.2) is 0 Å². The second kappa shape index (κ2) is 5.77. The minimum atomic E-state index is -0.196. The molecule has 3 rings (SSSR count). The number of hydrogen-bond donors (Lipinski definition) is 1. The highest BCUT2D eigenvalue weighted by molar-refractivity contribution is 6.07. The van der Waals surface area contributed by atoms with Crippen LogP contribution in [-0.2, 0) is 0 Å². The van der Waals surface area contributed by atoms with Crippen LogP contribution in [0.3, 0.4) is 0 Å². The lowest BCUT2D eigenvalue weighted by Gasteiger charge is -2.11. The Kier molecular flexibility index (Phi) is 3.65. The van der Waals surface area contributed by atoms with Crippen LogP contribution in [-0.4, -0.2) is 26.1 Å². The number of carbonyl (C=O) groups excluding carboxylic acids is 1. The van der Waals surface area contributed by atoms with Gasteiger partial charge in [-0.2, -0.15) is 4.68 Å². The summed E-state index contributed by atoms with van der Waals surface area (Å²) in [5.74, 6) is -0.196. The van der Waals surface area contributed by atoms with Gasteiger partial charge in [-0.05, 0) is 48.0 Å². The summed E-state index contributed by atoms with van der Waals surface area (Å²) in [6, 6.07) is 13.1. The number of anilines is 1. The van der Waals surface area contributed by atoms with Crippen molar-refractivity contribution >= 4 is 11.6 Å². The first-order valence-electron chi connectivity index (χ1n) is 6.86. The normalized spacial score (nSPS) is 10.5. The van der Waals surface area contributed by atoms with E-state index in [0.717, 1.165) is 16.8 Å². The Morgan fingerprint density at radius 2 is 1.95 bits per heavy atom. The second-order valence-electron chi connectivity index (χ2n) is 5.04. The fourth-order valence-electron chi connectivity index (χ4n) is 2.28. The Balaban J connectivity index is 1.93. The highest BCUT2D eigenvalue weighted by atomic mass is 16.1. The molecule has 22 heavy (non-hydrogen) atoms. The van der Waals surface area contributed by atoms with E-state index in [9.17, 15) is 4.79 Å². The molecule has 0 saturated carbocycles. The van der Waals surface area contributed by atoms with Gasteiger partial charge in [-0.15, -0.1) is 5.10 Å². The lowest BCUT2D eigenvalue weighted by Crippen LogP contribution is -2.16. The van der Waals surface area contributed by atoms with Crippen LogP contribution in [0.2, 0.25) is 0 Å². The number of benzene rings is 2. The van der Waals surface area contributed by atoms with Crippen LogP contribution in [0.5, 0.6) is 0 Å². The van der Waals surface area contributed by atoms with Crippen LogP contribution in [0.25, 0.3) is 5.69 Å². The maximum Gasteiger partial charge on any atom is 0.257 e. The van der Waals surface area contributed by atoms with E-state index in [1.54, 1.807) is 12.1 Å². The maximum absolute atomic E-state index is 12.6. The van der Waals surface area contributed by atoms with E-state index >= 15 is 0 Å². The molecule has 1 aromatic heterocycles. The molecule has 6 nitrogen and oxygen atoms in total. The zero-order chi connectivity index (χ0) is 15.5. The van der Waals surface area contributed by atoms with Gasteiger partial charge in [-0.3, -0.25) is 4.79 Å². The molecule has 0 unspecified atom stereocenters. The third-order valence-corrected chi connectivity index (χ3v) is 3.37. The molecule has 1 N–H and O–H groups in total. The van der Waals surface area contributed by atoms with Gasteiger partial charge in [0.1, 0.15) is 6.33 Å². The average molecular weight is 293 g/mol. The number of amides is 1. The molecule has 6 heteroatoms. The number of para-hydroxylation sites is 1. The molecule has 1 heterocycles. The average Bonchev–Trinajstić information content (AvgIpc) is 3.04. The van der Waals surface area contributed by atoms with Crippen LogP contribution in [0.15, 0.2) is 48.8 Å². The van der Waals surface area contributed by atoms with E-state index in [0.29, 0.717) is 11.3 Å². The number of hydrogen-bond acceptors (Lipinski definition) is 4. The molecule has 2 aromatic carbocycles. The molecule has 0 radical (unpaired) electrons. The van der Waals surface area contributed by atoms with Gasteiger partial charge in [0, 0.05) is 5.69 Å². The number of nitrogens with one attached hydrogen (secondary N) is 1. The summed E-state index contributed by atoms with van der Waals surface area (Å²) in [6.07, 6.45) is 1.46. The monoisotopic (exact) mass is 293 g/mol. The largest absolute Gasteiger partial charge is 0.322 e. The standard InChI is InChI=1S/C16H15N5O/c1-11-7-8-14(12(2)9-11)18-16(22)13-5-3-4-6-15(13)21-10-17-19-20-21/h3-10H,1-2H3,(H,18,22). The van der Waals surface area contributed by atoms with Crippen molar-refractivity contribution < 1.29 is 4.79 Å². The minimum absolute atomic E-state index is 0.196. The predicted molar refractivity (Wildman–Crippen MR) is 83.0 cm³/mol. The number of aromatic nitrogens is 4. The van der Waals surface area contributed by atoms with Crippen LogP contribution in [0.1, 0.15) is 21.5 Å². The minimum Gasteiger partial charge on any atom is -0.322 e. The van der Waals surface area contributed by atoms with E-state index in [2.05, 4.69) is 20.8 Å². The Morgan fingerprint density at radius 1 is 1.14 bits per heavy atom. The topological polar surface area (TPSA) is 72.7 Å². The number of tetrazole rings is 1. The molecule has 0 fully saturated rings. The van der Waals surface area contributed by atoms with E-state index in [4.69, 9.17) is 0 Å². The summed E-state index contributed by atoms with van der Waals surface area (Å²) >= 11 is 0. The molecule has 110 valence electrons. The first-order valence-corrected chi connectivity index (χ1v) is 6.86. The van der Waals surface area contributed by atoms with Gasteiger partial charge in [0.2, 0.25) is 0 Å². The van der Waals surface area contributed by atoms with Crippen LogP contribution >= 0.6 is 0 Å². The lowest BCUT2D eigenvalue weighted by molar-refractivity contribution is 0.102. The van der Waals surface area contributed by atoms with E-state index in [1.807, 2.05) is 44.2 Å². The molecule has 0 aliphatic rings. The lowest BCUT2D eigenvalue weighted by atomic mass is 10.1. The quantitative estimate of drug-likeness (QED) is 0.805. The van der Waals surface area contributed by atoms with Gasteiger partial charge < -0.3 is 5.32 Å². The van der Waals surface area contributed by atoms with Crippen LogP contribution in [0, 0.1) is 13.8 Å². The van der Waals surface area contributed by atoms with Gasteiger partial charge >= 0.3 is 0 Å². The van der Waals surface area contributed by atoms with Crippen molar-refractivity contribution in [2.45, 2.75) is 13.8 Å². The molecule has 0 aliphatic carbocycles. The van der Waals surface area contributed by atoms with Crippen molar-refractivity contribution in [3.63, 3.8) is 0 Å². The summed E-state index contributed by atoms with van der Waals surface area (Å²) in [6.45, 7) is 3.99. The SMILES string of the molecule is Cc1ccc(NC(=O)c2ccccc2-n2cnnn2)c(C)c1. The molecular formula is C16H15N5O. The fraction of sp³-hybridized carbons (Fsp3) is 0.125. The smallest absolute Gasteiger partial charge is 0.257 e. The third kappa shape index (κ3) is 2.71. The van der Waals surface area contributed by atoms with Crippen molar-refractivity contribution in [2.24, 2.45) is 0 Å². The Labute approximate surface area is 127 Å². The number of carbonyl (C=O) groups is 1. The van der Waals surface area contributed by atoms with E-state index < -0.39 is 0 Å². The zero-order valence-electron chi connectivity index (χ0n) is 12.3. The highest BCUT2D eigenvalue weighted by Crippen LogP contribution is 2.19. The molecule has 0 bridgehead atoms. The number of rotatable bonds is 3. The molecule has 0 saturated heterocycles. The summed E-state index contributed by atoms with van der Waals surface area (Å²) in [5, 5.41) is 14.0. The van der Waals surface area contributed by atoms with Crippen molar-refractivity contribution in [3.05, 3.63) is 65.5 Å². The highest BCUT2D eigenvalue weighted by Gasteiger charge is 2.14. The summed E-state index contributed by atoms with van der Waals surface area (Å²) < 4.78 is 1.47. The van der Waals surface area contributed by atoms with Crippen molar-refractivity contribution in [2.75, 3.05) is 5.32 Å². The third-order valence-electron chi connectivity index (χ3n) is 3.37. The summed E-state index contributed by atoms with van der Waals surface area (Å²) in [7, 11) is 0. The van der Waals surface area contributed by atoms with Gasteiger partial charge in [0.25, 0.3) is 5.91 Å². The Bertz CT molecular complexity index is 811. The molecule has 1 amide bonds. The van der Waals surface area contributed by atoms with Crippen molar-refractivity contribution in [3.8, 4) is 5.69 Å². The predicted octanol–water partition coefficient (Wildman–Crippen LogP) is 2.53. The second-order valence-corrected chi connectivity index (χ2v) is 5.04. The van der Waals surface area contributed by atoms with Crippen molar-refractivity contribution in [1.29, 1.82) is 0 Å². The molecule has 0 spiro atoms.